The smallest absolute Gasteiger partial charge is 0.295 e. The molecule has 0 radical (unpaired) electrons. The number of hydrogen-bond donors (Lipinski definition) is 2. The summed E-state index contributed by atoms with van der Waals surface area (Å²) in [7, 11) is -3.17. The number of benzene rings is 1. The molecule has 0 spiro atoms. The van der Waals surface area contributed by atoms with Crippen molar-refractivity contribution in [1.29, 1.82) is 0 Å². The van der Waals surface area contributed by atoms with Crippen molar-refractivity contribution in [2.45, 2.75) is 50.8 Å². The fraction of sp³-hybridized carbons (Fsp3) is 0.588. The fourth-order valence-corrected chi connectivity index (χ4v) is 3.82. The number of sulfonamides is 1. The molecule has 0 aliphatic heterocycles. The zero-order valence-electron chi connectivity index (χ0n) is 14.2. The van der Waals surface area contributed by atoms with Gasteiger partial charge in [0.15, 0.2) is 5.58 Å². The van der Waals surface area contributed by atoms with Gasteiger partial charge in [0, 0.05) is 12.6 Å². The SMILES string of the molecule is CC(C)S(=O)(=O)NC[C@H]1CC[C@H](Nc2nc3ccccc3o2)CC1. The first-order valence-electron chi connectivity index (χ1n) is 8.54. The normalized spacial score (nSPS) is 22.1. The average molecular weight is 351 g/mol. The fourth-order valence-electron chi connectivity index (χ4n) is 3.02. The minimum Gasteiger partial charge on any atom is -0.424 e. The van der Waals surface area contributed by atoms with Gasteiger partial charge >= 0.3 is 0 Å². The van der Waals surface area contributed by atoms with Crippen molar-refractivity contribution in [3.05, 3.63) is 24.3 Å². The first kappa shape index (κ1) is 17.2. The van der Waals surface area contributed by atoms with Crippen LogP contribution in [0.1, 0.15) is 39.5 Å². The van der Waals surface area contributed by atoms with E-state index in [2.05, 4.69) is 15.0 Å². The van der Waals surface area contributed by atoms with Gasteiger partial charge in [0.05, 0.1) is 5.25 Å². The Morgan fingerprint density at radius 2 is 1.92 bits per heavy atom. The van der Waals surface area contributed by atoms with E-state index in [0.717, 1.165) is 36.8 Å². The molecule has 7 heteroatoms. The van der Waals surface area contributed by atoms with E-state index in [1.807, 2.05) is 24.3 Å². The van der Waals surface area contributed by atoms with Crippen LogP contribution >= 0.6 is 0 Å². The molecule has 1 heterocycles. The molecule has 24 heavy (non-hydrogen) atoms. The van der Waals surface area contributed by atoms with Crippen molar-refractivity contribution in [3.63, 3.8) is 0 Å². The molecule has 0 atom stereocenters. The van der Waals surface area contributed by atoms with Gasteiger partial charge in [-0.1, -0.05) is 12.1 Å². The molecule has 1 fully saturated rings. The minimum atomic E-state index is -3.17. The van der Waals surface area contributed by atoms with Crippen molar-refractivity contribution in [3.8, 4) is 0 Å². The van der Waals surface area contributed by atoms with Gasteiger partial charge in [-0.2, -0.15) is 4.98 Å². The Balaban J connectivity index is 1.48. The third kappa shape index (κ3) is 4.08. The molecule has 1 aliphatic carbocycles. The summed E-state index contributed by atoms with van der Waals surface area (Å²) in [4.78, 5) is 4.44. The Morgan fingerprint density at radius 1 is 1.21 bits per heavy atom. The number of nitrogens with zero attached hydrogens (tertiary/aromatic N) is 1. The van der Waals surface area contributed by atoms with E-state index < -0.39 is 10.0 Å². The van der Waals surface area contributed by atoms with Crippen molar-refractivity contribution >= 4 is 27.1 Å². The van der Waals surface area contributed by atoms with E-state index in [1.165, 1.54) is 0 Å². The van der Waals surface area contributed by atoms with E-state index in [9.17, 15) is 8.42 Å². The van der Waals surface area contributed by atoms with Crippen LogP contribution in [-0.4, -0.2) is 31.2 Å². The first-order valence-corrected chi connectivity index (χ1v) is 10.1. The molecule has 0 bridgehead atoms. The molecule has 1 saturated carbocycles. The second kappa shape index (κ2) is 7.11. The molecule has 132 valence electrons. The number of para-hydroxylation sites is 2. The van der Waals surface area contributed by atoms with Crippen molar-refractivity contribution < 1.29 is 12.8 Å². The highest BCUT2D eigenvalue weighted by atomic mass is 32.2. The zero-order chi connectivity index (χ0) is 17.2. The number of fused-ring (bicyclic) bond motifs is 1. The largest absolute Gasteiger partial charge is 0.424 e. The van der Waals surface area contributed by atoms with Gasteiger partial charge in [0.2, 0.25) is 10.0 Å². The molecular weight excluding hydrogens is 326 g/mol. The van der Waals surface area contributed by atoms with Crippen LogP contribution in [0.5, 0.6) is 0 Å². The highest BCUT2D eigenvalue weighted by molar-refractivity contribution is 7.90. The summed E-state index contributed by atoms with van der Waals surface area (Å²) in [5, 5.41) is 2.99. The minimum absolute atomic E-state index is 0.330. The molecule has 0 saturated heterocycles. The lowest BCUT2D eigenvalue weighted by Crippen LogP contribution is -2.37. The van der Waals surface area contributed by atoms with Gasteiger partial charge in [0.25, 0.3) is 6.01 Å². The summed E-state index contributed by atoms with van der Waals surface area (Å²) in [6.45, 7) is 3.93. The highest BCUT2D eigenvalue weighted by Gasteiger charge is 2.24. The highest BCUT2D eigenvalue weighted by Crippen LogP contribution is 2.27. The Bertz CT molecular complexity index is 744. The van der Waals surface area contributed by atoms with Gasteiger partial charge in [0.1, 0.15) is 5.52 Å². The lowest BCUT2D eigenvalue weighted by atomic mass is 9.86. The number of hydrogen-bond acceptors (Lipinski definition) is 5. The van der Waals surface area contributed by atoms with Crippen LogP contribution < -0.4 is 10.0 Å². The van der Waals surface area contributed by atoms with E-state index in [-0.39, 0.29) is 5.25 Å². The van der Waals surface area contributed by atoms with Crippen molar-refractivity contribution in [2.75, 3.05) is 11.9 Å². The van der Waals surface area contributed by atoms with Crippen LogP contribution in [-0.2, 0) is 10.0 Å². The van der Waals surface area contributed by atoms with Gasteiger partial charge in [-0.3, -0.25) is 0 Å². The van der Waals surface area contributed by atoms with Crippen LogP contribution in [0.3, 0.4) is 0 Å². The lowest BCUT2D eigenvalue weighted by Gasteiger charge is -2.28. The molecule has 1 aliphatic rings. The third-order valence-corrected chi connectivity index (χ3v) is 6.47. The van der Waals surface area contributed by atoms with Crippen LogP contribution in [0.4, 0.5) is 6.01 Å². The molecular formula is C17H25N3O3S. The first-order chi connectivity index (χ1) is 11.4. The average Bonchev–Trinajstić information content (AvgIpc) is 2.96. The summed E-state index contributed by atoms with van der Waals surface area (Å²) < 4.78 is 32.1. The molecule has 0 unspecified atom stereocenters. The summed E-state index contributed by atoms with van der Waals surface area (Å²) in [5.74, 6) is 0.403. The van der Waals surface area contributed by atoms with Crippen LogP contribution in [0.2, 0.25) is 0 Å². The summed E-state index contributed by atoms with van der Waals surface area (Å²) in [6, 6.07) is 8.61. The molecule has 1 aromatic carbocycles. The number of nitrogens with one attached hydrogen (secondary N) is 2. The Labute approximate surface area is 143 Å². The zero-order valence-corrected chi connectivity index (χ0v) is 15.0. The number of oxazole rings is 1. The summed E-state index contributed by atoms with van der Waals surface area (Å²) in [6.07, 6.45) is 3.98. The number of aromatic nitrogens is 1. The second-order valence-corrected chi connectivity index (χ2v) is 9.11. The number of anilines is 1. The van der Waals surface area contributed by atoms with Gasteiger partial charge in [-0.05, 0) is 57.6 Å². The molecule has 2 N–H and O–H groups in total. The molecule has 3 rings (SSSR count). The summed E-state index contributed by atoms with van der Waals surface area (Å²) >= 11 is 0. The Hall–Kier alpha value is -1.60. The molecule has 6 nitrogen and oxygen atoms in total. The van der Waals surface area contributed by atoms with Crippen LogP contribution in [0, 0.1) is 5.92 Å². The Morgan fingerprint density at radius 3 is 2.58 bits per heavy atom. The van der Waals surface area contributed by atoms with Crippen molar-refractivity contribution in [2.24, 2.45) is 5.92 Å². The maximum Gasteiger partial charge on any atom is 0.295 e. The van der Waals surface area contributed by atoms with E-state index in [4.69, 9.17) is 4.42 Å². The standard InChI is InChI=1S/C17H25N3O3S/c1-12(2)24(21,22)18-11-13-7-9-14(10-8-13)19-17-20-15-5-3-4-6-16(15)23-17/h3-6,12-14,18H,7-11H2,1-2H3,(H,19,20)/t13-,14-. The number of rotatable bonds is 6. The van der Waals surface area contributed by atoms with E-state index in [0.29, 0.717) is 24.5 Å². The topological polar surface area (TPSA) is 84.2 Å². The van der Waals surface area contributed by atoms with Gasteiger partial charge in [-0.25, -0.2) is 13.1 Å². The summed E-state index contributed by atoms with van der Waals surface area (Å²) in [5.41, 5.74) is 1.65. The van der Waals surface area contributed by atoms with Gasteiger partial charge in [-0.15, -0.1) is 0 Å². The van der Waals surface area contributed by atoms with Crippen molar-refractivity contribution in [1.82, 2.24) is 9.71 Å². The van der Waals surface area contributed by atoms with Crippen LogP contribution in [0.25, 0.3) is 11.1 Å². The molecule has 0 amide bonds. The van der Waals surface area contributed by atoms with Gasteiger partial charge < -0.3 is 9.73 Å². The Kier molecular flexibility index (Phi) is 5.10. The lowest BCUT2D eigenvalue weighted by molar-refractivity contribution is 0.334. The maximum atomic E-state index is 11.8. The molecule has 1 aromatic heterocycles. The monoisotopic (exact) mass is 351 g/mol. The predicted molar refractivity (Wildman–Crippen MR) is 95.4 cm³/mol. The van der Waals surface area contributed by atoms with E-state index >= 15 is 0 Å². The second-order valence-electron chi connectivity index (χ2n) is 6.79. The van der Waals surface area contributed by atoms with Crippen LogP contribution in [0.15, 0.2) is 28.7 Å². The van der Waals surface area contributed by atoms with E-state index in [1.54, 1.807) is 13.8 Å². The third-order valence-electron chi connectivity index (χ3n) is 4.66. The maximum absolute atomic E-state index is 11.8. The molecule has 2 aromatic rings. The quantitative estimate of drug-likeness (QED) is 0.835. The predicted octanol–water partition coefficient (Wildman–Crippen LogP) is 3.13.